The lowest BCUT2D eigenvalue weighted by Crippen LogP contribution is -2.09. The fourth-order valence-corrected chi connectivity index (χ4v) is 4.14. The smallest absolute Gasteiger partial charge is 0.322 e. The van der Waals surface area contributed by atoms with Crippen molar-refractivity contribution >= 4 is 30.1 Å². The largest absolute Gasteiger partial charge is 0.330 e. The molecule has 0 aliphatic heterocycles. The quantitative estimate of drug-likeness (QED) is 0.772. The summed E-state index contributed by atoms with van der Waals surface area (Å²) in [6.07, 6.45) is 0.662. The van der Waals surface area contributed by atoms with E-state index in [1.165, 1.54) is 6.07 Å². The number of pyridine rings is 1. The molecule has 0 aliphatic carbocycles. The monoisotopic (exact) mass is 343 g/mol. The maximum Gasteiger partial charge on any atom is 0.330 e. The van der Waals surface area contributed by atoms with Crippen LogP contribution in [0.1, 0.15) is 19.4 Å². The van der Waals surface area contributed by atoms with Crippen molar-refractivity contribution in [3.05, 3.63) is 45.2 Å². The zero-order chi connectivity index (χ0) is 16.2. The average Bonchev–Trinajstić information content (AvgIpc) is 2.44. The van der Waals surface area contributed by atoms with Gasteiger partial charge >= 0.3 is 7.60 Å². The summed E-state index contributed by atoms with van der Waals surface area (Å²) in [5.74, 6) is 0. The Balaban J connectivity index is 2.31. The van der Waals surface area contributed by atoms with Gasteiger partial charge in [0.25, 0.3) is 0 Å². The molecule has 0 radical (unpaired) electrons. The van der Waals surface area contributed by atoms with E-state index in [0.29, 0.717) is 30.2 Å². The summed E-state index contributed by atoms with van der Waals surface area (Å²) in [4.78, 5) is 14.5. The number of halogens is 1. The minimum absolute atomic E-state index is 0.215. The molecule has 0 saturated carbocycles. The highest BCUT2D eigenvalue weighted by atomic mass is 35.5. The van der Waals surface area contributed by atoms with Crippen LogP contribution >= 0.6 is 19.2 Å². The third-order valence-corrected chi connectivity index (χ3v) is 5.51. The first kappa shape index (κ1) is 17.2. The van der Waals surface area contributed by atoms with Crippen molar-refractivity contribution in [1.82, 2.24) is 4.98 Å². The number of fused-ring (bicyclic) bond motifs is 1. The van der Waals surface area contributed by atoms with Crippen molar-refractivity contribution in [3.63, 3.8) is 0 Å². The van der Waals surface area contributed by atoms with Gasteiger partial charge in [-0.3, -0.25) is 9.36 Å². The Hall–Kier alpha value is -1.13. The van der Waals surface area contributed by atoms with Gasteiger partial charge in [-0.15, -0.1) is 0 Å². The van der Waals surface area contributed by atoms with Crippen LogP contribution in [0.25, 0.3) is 10.9 Å². The summed E-state index contributed by atoms with van der Waals surface area (Å²) in [7, 11) is -3.13. The maximum absolute atomic E-state index is 12.5. The number of hydrogen-bond donors (Lipinski definition) is 1. The molecule has 0 spiro atoms. The van der Waals surface area contributed by atoms with E-state index in [-0.39, 0.29) is 11.7 Å². The van der Waals surface area contributed by atoms with Crippen LogP contribution in [-0.2, 0) is 20.0 Å². The number of aromatic nitrogens is 1. The van der Waals surface area contributed by atoms with Gasteiger partial charge in [-0.2, -0.15) is 0 Å². The van der Waals surface area contributed by atoms with Crippen molar-refractivity contribution in [2.75, 3.05) is 19.4 Å². The number of aryl methyl sites for hydroxylation is 1. The molecule has 1 N–H and O–H groups in total. The lowest BCUT2D eigenvalue weighted by molar-refractivity contribution is 0.220. The van der Waals surface area contributed by atoms with E-state index >= 15 is 0 Å². The fourth-order valence-electron chi connectivity index (χ4n) is 2.33. The van der Waals surface area contributed by atoms with E-state index in [0.717, 1.165) is 10.9 Å². The van der Waals surface area contributed by atoms with Crippen LogP contribution in [0.2, 0.25) is 5.02 Å². The van der Waals surface area contributed by atoms with Crippen LogP contribution < -0.4 is 5.56 Å². The Morgan fingerprint density at radius 3 is 2.50 bits per heavy atom. The van der Waals surface area contributed by atoms with Gasteiger partial charge in [-0.25, -0.2) is 0 Å². The van der Waals surface area contributed by atoms with Crippen molar-refractivity contribution in [3.8, 4) is 0 Å². The zero-order valence-corrected chi connectivity index (χ0v) is 14.2. The Bertz CT molecular complexity index is 749. The van der Waals surface area contributed by atoms with Crippen LogP contribution in [0.3, 0.4) is 0 Å². The van der Waals surface area contributed by atoms with Gasteiger partial charge in [0.1, 0.15) is 0 Å². The molecule has 0 saturated heterocycles. The van der Waals surface area contributed by atoms with Gasteiger partial charge in [0.2, 0.25) is 5.56 Å². The van der Waals surface area contributed by atoms with Gasteiger partial charge < -0.3 is 14.0 Å². The number of benzene rings is 1. The van der Waals surface area contributed by atoms with Crippen molar-refractivity contribution in [1.29, 1.82) is 0 Å². The second kappa shape index (κ2) is 7.42. The minimum Gasteiger partial charge on any atom is -0.322 e. The minimum atomic E-state index is -3.13. The SMILES string of the molecule is CCOP(=O)(CCc1cc(=O)[nH]c2cc(Cl)ccc12)OCC. The zero-order valence-electron chi connectivity index (χ0n) is 12.6. The lowest BCUT2D eigenvalue weighted by atomic mass is 10.1. The van der Waals surface area contributed by atoms with Crippen molar-refractivity contribution in [2.45, 2.75) is 20.3 Å². The summed E-state index contributed by atoms with van der Waals surface area (Å²) in [6.45, 7) is 4.19. The number of rotatable bonds is 7. The molecule has 1 heterocycles. The second-order valence-electron chi connectivity index (χ2n) is 4.77. The van der Waals surface area contributed by atoms with E-state index in [2.05, 4.69) is 4.98 Å². The predicted octanol–water partition coefficient (Wildman–Crippen LogP) is 3.99. The molecule has 2 rings (SSSR count). The van der Waals surface area contributed by atoms with Gasteiger partial charge in [-0.1, -0.05) is 17.7 Å². The van der Waals surface area contributed by atoms with Crippen LogP contribution in [0, 0.1) is 0 Å². The summed E-state index contributed by atoms with van der Waals surface area (Å²) >= 11 is 5.95. The van der Waals surface area contributed by atoms with Gasteiger partial charge in [0.15, 0.2) is 0 Å². The molecule has 120 valence electrons. The van der Waals surface area contributed by atoms with E-state index in [1.54, 1.807) is 26.0 Å². The standard InChI is InChI=1S/C15H19ClNO4P/c1-3-20-22(19,21-4-2)8-7-11-9-15(18)17-14-10-12(16)5-6-13(11)14/h5-6,9-10H,3-4,7-8H2,1-2H3,(H,17,18). The summed E-state index contributed by atoms with van der Waals surface area (Å²) in [6, 6.07) is 6.82. The summed E-state index contributed by atoms with van der Waals surface area (Å²) in [5, 5.41) is 1.43. The first-order chi connectivity index (χ1) is 10.5. The molecule has 22 heavy (non-hydrogen) atoms. The van der Waals surface area contributed by atoms with E-state index in [4.69, 9.17) is 20.6 Å². The third-order valence-electron chi connectivity index (χ3n) is 3.20. The molecule has 0 bridgehead atoms. The molecule has 1 aromatic heterocycles. The molecule has 0 aliphatic rings. The fraction of sp³-hybridized carbons (Fsp3) is 0.400. The van der Waals surface area contributed by atoms with Gasteiger partial charge in [0.05, 0.1) is 24.9 Å². The third kappa shape index (κ3) is 4.20. The highest BCUT2D eigenvalue weighted by Crippen LogP contribution is 2.48. The Morgan fingerprint density at radius 2 is 1.86 bits per heavy atom. The highest BCUT2D eigenvalue weighted by molar-refractivity contribution is 7.53. The van der Waals surface area contributed by atoms with Gasteiger partial charge in [0, 0.05) is 16.5 Å². The molecule has 5 nitrogen and oxygen atoms in total. The average molecular weight is 344 g/mol. The first-order valence-electron chi connectivity index (χ1n) is 7.17. The number of H-pyrrole nitrogens is 1. The van der Waals surface area contributed by atoms with Crippen LogP contribution in [0.15, 0.2) is 29.1 Å². The predicted molar refractivity (Wildman–Crippen MR) is 89.0 cm³/mol. The van der Waals surface area contributed by atoms with Crippen molar-refractivity contribution < 1.29 is 13.6 Å². The number of aromatic amines is 1. The second-order valence-corrected chi connectivity index (χ2v) is 7.39. The van der Waals surface area contributed by atoms with E-state index in [1.807, 2.05) is 6.07 Å². The van der Waals surface area contributed by atoms with Crippen LogP contribution in [-0.4, -0.2) is 24.4 Å². The number of nitrogens with one attached hydrogen (secondary N) is 1. The van der Waals surface area contributed by atoms with Crippen LogP contribution in [0.4, 0.5) is 0 Å². The molecule has 7 heteroatoms. The summed E-state index contributed by atoms with van der Waals surface area (Å²) < 4.78 is 23.1. The highest BCUT2D eigenvalue weighted by Gasteiger charge is 2.23. The van der Waals surface area contributed by atoms with Crippen molar-refractivity contribution in [2.24, 2.45) is 0 Å². The van der Waals surface area contributed by atoms with Crippen LogP contribution in [0.5, 0.6) is 0 Å². The Kier molecular flexibility index (Phi) is 5.81. The summed E-state index contributed by atoms with van der Waals surface area (Å²) in [5.41, 5.74) is 1.25. The molecule has 2 aromatic rings. The maximum atomic E-state index is 12.5. The molecule has 0 atom stereocenters. The molecule has 0 amide bonds. The molecular formula is C15H19ClNO4P. The Labute approximate surface area is 134 Å². The lowest BCUT2D eigenvalue weighted by Gasteiger charge is -2.17. The molecule has 0 fully saturated rings. The molecular weight excluding hydrogens is 325 g/mol. The van der Waals surface area contributed by atoms with E-state index in [9.17, 15) is 9.36 Å². The van der Waals surface area contributed by atoms with Gasteiger partial charge in [-0.05, 0) is 38.0 Å². The molecule has 0 unspecified atom stereocenters. The Morgan fingerprint density at radius 1 is 1.18 bits per heavy atom. The topological polar surface area (TPSA) is 68.4 Å². The molecule has 1 aromatic carbocycles. The number of hydrogen-bond acceptors (Lipinski definition) is 4. The normalized spacial score (nSPS) is 12.0. The van der Waals surface area contributed by atoms with E-state index < -0.39 is 7.60 Å². The first-order valence-corrected chi connectivity index (χ1v) is 9.27.